The number of hydrogen-bond acceptors (Lipinski definition) is 4. The Hall–Kier alpha value is -0.610. The van der Waals surface area contributed by atoms with Crippen LogP contribution in [0.3, 0.4) is 0 Å². The second-order valence-electron chi connectivity index (χ2n) is 4.94. The molecule has 1 aliphatic carbocycles. The van der Waals surface area contributed by atoms with E-state index in [9.17, 15) is 0 Å². The molecule has 92 valence electrons. The quantitative estimate of drug-likeness (QED) is 0.502. The van der Waals surface area contributed by atoms with E-state index in [-0.39, 0.29) is 0 Å². The first-order valence-corrected chi connectivity index (χ1v) is 6.67. The third-order valence-corrected chi connectivity index (χ3v) is 3.74. The Kier molecular flexibility index (Phi) is 4.60. The zero-order valence-electron chi connectivity index (χ0n) is 10.2. The van der Waals surface area contributed by atoms with E-state index >= 15 is 0 Å². The van der Waals surface area contributed by atoms with Gasteiger partial charge < -0.3 is 0 Å². The fourth-order valence-corrected chi connectivity index (χ4v) is 2.79. The topological polar surface area (TPSA) is 48.5 Å². The van der Waals surface area contributed by atoms with Gasteiger partial charge in [0.25, 0.3) is 0 Å². The van der Waals surface area contributed by atoms with E-state index in [0.29, 0.717) is 6.17 Å². The van der Waals surface area contributed by atoms with Crippen LogP contribution in [-0.2, 0) is 0 Å². The van der Waals surface area contributed by atoms with E-state index in [1.807, 2.05) is 6.21 Å². The standard InChI is InChI=1S/C12H24N4/c1-2-3-8-13-15-12-11-7-5-4-6-10(11)9-14-16-12/h8,10-12,14-16H,2-7,9H2,1H3/b13-8-. The molecule has 3 unspecified atom stereocenters. The molecule has 16 heavy (non-hydrogen) atoms. The fourth-order valence-electron chi connectivity index (χ4n) is 2.79. The molecule has 2 fully saturated rings. The van der Waals surface area contributed by atoms with Gasteiger partial charge in [0.2, 0.25) is 0 Å². The van der Waals surface area contributed by atoms with Gasteiger partial charge in [-0.25, -0.2) is 5.43 Å². The molecule has 1 heterocycles. The van der Waals surface area contributed by atoms with Crippen molar-refractivity contribution >= 4 is 6.21 Å². The summed E-state index contributed by atoms with van der Waals surface area (Å²) in [4.78, 5) is 0. The predicted molar refractivity (Wildman–Crippen MR) is 66.9 cm³/mol. The number of nitrogens with one attached hydrogen (secondary N) is 3. The Morgan fingerprint density at radius 2 is 2.25 bits per heavy atom. The van der Waals surface area contributed by atoms with Crippen molar-refractivity contribution < 1.29 is 0 Å². The molecular formula is C12H24N4. The molecule has 0 amide bonds. The number of rotatable bonds is 4. The highest BCUT2D eigenvalue weighted by Gasteiger charge is 2.34. The van der Waals surface area contributed by atoms with Crippen LogP contribution < -0.4 is 16.3 Å². The van der Waals surface area contributed by atoms with Crippen LogP contribution in [0.15, 0.2) is 5.10 Å². The van der Waals surface area contributed by atoms with Crippen molar-refractivity contribution in [2.45, 2.75) is 51.6 Å². The zero-order chi connectivity index (χ0) is 11.2. The summed E-state index contributed by atoms with van der Waals surface area (Å²) in [6, 6.07) is 0. The zero-order valence-corrected chi connectivity index (χ0v) is 10.2. The summed E-state index contributed by atoms with van der Waals surface area (Å²) in [6.07, 6.45) is 9.99. The van der Waals surface area contributed by atoms with Crippen LogP contribution in [0.1, 0.15) is 45.4 Å². The van der Waals surface area contributed by atoms with E-state index < -0.39 is 0 Å². The van der Waals surface area contributed by atoms with Crippen molar-refractivity contribution in [3.05, 3.63) is 0 Å². The molecule has 0 spiro atoms. The monoisotopic (exact) mass is 224 g/mol. The van der Waals surface area contributed by atoms with E-state index in [1.165, 1.54) is 25.7 Å². The maximum Gasteiger partial charge on any atom is 0.109 e. The molecular weight excluding hydrogens is 200 g/mol. The first-order chi connectivity index (χ1) is 7.92. The molecule has 1 aliphatic heterocycles. The van der Waals surface area contributed by atoms with Crippen molar-refractivity contribution in [2.75, 3.05) is 6.54 Å². The molecule has 3 N–H and O–H groups in total. The molecule has 4 nitrogen and oxygen atoms in total. The summed E-state index contributed by atoms with van der Waals surface area (Å²) in [6.45, 7) is 3.28. The van der Waals surface area contributed by atoms with Gasteiger partial charge in [0.05, 0.1) is 0 Å². The maximum absolute atomic E-state index is 4.30. The minimum Gasteiger partial charge on any atom is -0.292 e. The predicted octanol–water partition coefficient (Wildman–Crippen LogP) is 1.60. The van der Waals surface area contributed by atoms with Gasteiger partial charge >= 0.3 is 0 Å². The van der Waals surface area contributed by atoms with Crippen LogP contribution in [0.2, 0.25) is 0 Å². The molecule has 1 saturated carbocycles. The number of hydrogen-bond donors (Lipinski definition) is 3. The molecule has 0 aromatic rings. The second-order valence-corrected chi connectivity index (χ2v) is 4.94. The van der Waals surface area contributed by atoms with Gasteiger partial charge in [-0.1, -0.05) is 26.2 Å². The largest absolute Gasteiger partial charge is 0.292 e. The minimum atomic E-state index is 0.312. The van der Waals surface area contributed by atoms with Crippen molar-refractivity contribution in [2.24, 2.45) is 16.9 Å². The Morgan fingerprint density at radius 1 is 1.38 bits per heavy atom. The summed E-state index contributed by atoms with van der Waals surface area (Å²) >= 11 is 0. The lowest BCUT2D eigenvalue weighted by Crippen LogP contribution is -2.60. The van der Waals surface area contributed by atoms with Gasteiger partial charge in [-0.3, -0.25) is 10.9 Å². The minimum absolute atomic E-state index is 0.312. The van der Waals surface area contributed by atoms with Crippen molar-refractivity contribution in [3.63, 3.8) is 0 Å². The van der Waals surface area contributed by atoms with Gasteiger partial charge in [0, 0.05) is 12.8 Å². The number of nitrogens with zero attached hydrogens (tertiary/aromatic N) is 1. The van der Waals surface area contributed by atoms with Gasteiger partial charge in [-0.05, 0) is 31.1 Å². The van der Waals surface area contributed by atoms with E-state index in [1.54, 1.807) is 0 Å². The highest BCUT2D eigenvalue weighted by atomic mass is 15.5. The Balaban J connectivity index is 1.82. The highest BCUT2D eigenvalue weighted by molar-refractivity contribution is 5.56. The van der Waals surface area contributed by atoms with Crippen molar-refractivity contribution in [1.29, 1.82) is 0 Å². The first-order valence-electron chi connectivity index (χ1n) is 6.67. The molecule has 3 atom stereocenters. The molecule has 0 aromatic carbocycles. The summed E-state index contributed by atoms with van der Waals surface area (Å²) < 4.78 is 0. The summed E-state index contributed by atoms with van der Waals surface area (Å²) in [5.41, 5.74) is 9.86. The fraction of sp³-hybridized carbons (Fsp3) is 0.917. The van der Waals surface area contributed by atoms with Crippen molar-refractivity contribution in [1.82, 2.24) is 16.3 Å². The van der Waals surface area contributed by atoms with Gasteiger partial charge in [-0.2, -0.15) is 5.10 Å². The van der Waals surface area contributed by atoms with Crippen LogP contribution in [0.4, 0.5) is 0 Å². The molecule has 4 heteroatoms. The number of hydrazone groups is 1. The number of fused-ring (bicyclic) bond motifs is 1. The van der Waals surface area contributed by atoms with Crippen LogP contribution in [0, 0.1) is 11.8 Å². The Bertz CT molecular complexity index is 227. The smallest absolute Gasteiger partial charge is 0.109 e. The van der Waals surface area contributed by atoms with E-state index in [2.05, 4.69) is 28.3 Å². The summed E-state index contributed by atoms with van der Waals surface area (Å²) in [5.74, 6) is 1.57. The number of hydrazine groups is 1. The molecule has 0 aromatic heterocycles. The van der Waals surface area contributed by atoms with E-state index in [4.69, 9.17) is 0 Å². The molecule has 1 saturated heterocycles. The van der Waals surface area contributed by atoms with Crippen LogP contribution >= 0.6 is 0 Å². The third kappa shape index (κ3) is 2.95. The van der Waals surface area contributed by atoms with Crippen LogP contribution in [0.5, 0.6) is 0 Å². The van der Waals surface area contributed by atoms with Crippen LogP contribution in [-0.4, -0.2) is 18.9 Å². The van der Waals surface area contributed by atoms with E-state index in [0.717, 1.165) is 31.2 Å². The Labute approximate surface area is 98.2 Å². The second kappa shape index (κ2) is 6.21. The van der Waals surface area contributed by atoms with Crippen LogP contribution in [0.25, 0.3) is 0 Å². The lowest BCUT2D eigenvalue weighted by atomic mass is 9.77. The SMILES string of the molecule is CCC/C=N\NC1NNCC2CCCCC21. The number of unbranched alkanes of at least 4 members (excludes halogenated alkanes) is 1. The molecule has 2 rings (SSSR count). The molecule has 2 aliphatic rings. The lowest BCUT2D eigenvalue weighted by molar-refractivity contribution is 0.0996. The third-order valence-electron chi connectivity index (χ3n) is 3.74. The average Bonchev–Trinajstić information content (AvgIpc) is 2.35. The van der Waals surface area contributed by atoms with Gasteiger partial charge in [-0.15, -0.1) is 0 Å². The lowest BCUT2D eigenvalue weighted by Gasteiger charge is -2.41. The van der Waals surface area contributed by atoms with Gasteiger partial charge in [0.15, 0.2) is 0 Å². The molecule has 0 bridgehead atoms. The first kappa shape index (κ1) is 11.9. The average molecular weight is 224 g/mol. The summed E-state index contributed by atoms with van der Waals surface area (Å²) in [7, 11) is 0. The van der Waals surface area contributed by atoms with Gasteiger partial charge in [0.1, 0.15) is 6.17 Å². The molecule has 0 radical (unpaired) electrons. The normalized spacial score (nSPS) is 34.9. The highest BCUT2D eigenvalue weighted by Crippen LogP contribution is 2.32. The summed E-state index contributed by atoms with van der Waals surface area (Å²) in [5, 5.41) is 4.30. The van der Waals surface area contributed by atoms with Crippen molar-refractivity contribution in [3.8, 4) is 0 Å². The maximum atomic E-state index is 4.30. The Morgan fingerprint density at radius 3 is 3.12 bits per heavy atom.